The highest BCUT2D eigenvalue weighted by Gasteiger charge is 2.18. The monoisotopic (exact) mass is 374 g/mol. The number of carbonyl (C=O) groups is 1. The number of nitrogens with zero attached hydrogens (tertiary/aromatic N) is 1. The molecule has 0 aromatic heterocycles. The van der Waals surface area contributed by atoms with Gasteiger partial charge in [-0.25, -0.2) is 12.7 Å². The van der Waals surface area contributed by atoms with Crippen LogP contribution >= 0.6 is 0 Å². The molecule has 140 valence electrons. The normalized spacial score (nSPS) is 11.5. The van der Waals surface area contributed by atoms with Crippen molar-refractivity contribution in [2.45, 2.75) is 31.1 Å². The number of hydrogen-bond donors (Lipinski definition) is 1. The van der Waals surface area contributed by atoms with Gasteiger partial charge < -0.3 is 5.32 Å². The third kappa shape index (κ3) is 5.41. The fraction of sp³-hybridized carbons (Fsp3) is 0.350. The molecule has 1 N–H and O–H groups in total. The summed E-state index contributed by atoms with van der Waals surface area (Å²) in [5, 5.41) is 2.85. The van der Waals surface area contributed by atoms with Crippen LogP contribution in [0.5, 0.6) is 0 Å². The Morgan fingerprint density at radius 2 is 1.73 bits per heavy atom. The second kappa shape index (κ2) is 8.96. The van der Waals surface area contributed by atoms with Crippen LogP contribution in [-0.2, 0) is 16.4 Å². The smallest absolute Gasteiger partial charge is 0.251 e. The number of sulfonamides is 1. The second-order valence-electron chi connectivity index (χ2n) is 6.51. The summed E-state index contributed by atoms with van der Waals surface area (Å²) in [7, 11) is -0.606. The lowest BCUT2D eigenvalue weighted by atomic mass is 10.1. The zero-order valence-electron chi connectivity index (χ0n) is 15.5. The minimum absolute atomic E-state index is 0.120. The van der Waals surface area contributed by atoms with Gasteiger partial charge in [0, 0.05) is 26.2 Å². The quantitative estimate of drug-likeness (QED) is 0.723. The van der Waals surface area contributed by atoms with Crippen molar-refractivity contribution < 1.29 is 13.2 Å². The maximum Gasteiger partial charge on any atom is 0.251 e. The summed E-state index contributed by atoms with van der Waals surface area (Å²) in [4.78, 5) is 12.4. The van der Waals surface area contributed by atoms with E-state index in [1.807, 2.05) is 0 Å². The Morgan fingerprint density at radius 3 is 2.38 bits per heavy atom. The molecule has 2 aromatic rings. The highest BCUT2D eigenvalue weighted by molar-refractivity contribution is 7.89. The second-order valence-corrected chi connectivity index (χ2v) is 8.67. The molecular weight excluding hydrogens is 348 g/mol. The van der Waals surface area contributed by atoms with Gasteiger partial charge in [-0.05, 0) is 49.9 Å². The molecule has 2 rings (SSSR count). The van der Waals surface area contributed by atoms with E-state index in [1.165, 1.54) is 37.4 Å². The van der Waals surface area contributed by atoms with Crippen LogP contribution < -0.4 is 5.32 Å². The van der Waals surface area contributed by atoms with Gasteiger partial charge in [-0.1, -0.05) is 35.9 Å². The molecule has 2 aromatic carbocycles. The molecule has 0 aliphatic carbocycles. The predicted molar refractivity (Wildman–Crippen MR) is 104 cm³/mol. The van der Waals surface area contributed by atoms with Gasteiger partial charge in [0.15, 0.2) is 0 Å². The van der Waals surface area contributed by atoms with Crippen molar-refractivity contribution in [2.24, 2.45) is 0 Å². The fourth-order valence-electron chi connectivity index (χ4n) is 2.52. The van der Waals surface area contributed by atoms with Gasteiger partial charge in [-0.2, -0.15) is 0 Å². The first-order chi connectivity index (χ1) is 12.3. The average molecular weight is 375 g/mol. The highest BCUT2D eigenvalue weighted by Crippen LogP contribution is 2.15. The maximum atomic E-state index is 12.2. The number of hydrogen-bond acceptors (Lipinski definition) is 3. The molecule has 0 atom stereocenters. The zero-order valence-corrected chi connectivity index (χ0v) is 16.3. The van der Waals surface area contributed by atoms with E-state index < -0.39 is 10.0 Å². The first kappa shape index (κ1) is 20.1. The molecule has 0 aliphatic heterocycles. The molecule has 0 unspecified atom stereocenters. The van der Waals surface area contributed by atoms with Gasteiger partial charge in [0.25, 0.3) is 5.91 Å². The SMILES string of the molecule is Cc1ccc(CCCCNC(=O)c2cccc(S(=O)(=O)N(C)C)c2)cc1. The number of carbonyl (C=O) groups excluding carboxylic acids is 1. The van der Waals surface area contributed by atoms with E-state index in [4.69, 9.17) is 0 Å². The predicted octanol–water partition coefficient (Wildman–Crippen LogP) is 3.00. The van der Waals surface area contributed by atoms with E-state index in [2.05, 4.69) is 36.5 Å². The molecule has 1 amide bonds. The molecule has 26 heavy (non-hydrogen) atoms. The van der Waals surface area contributed by atoms with Crippen molar-refractivity contribution >= 4 is 15.9 Å². The highest BCUT2D eigenvalue weighted by atomic mass is 32.2. The standard InChI is InChI=1S/C20H26N2O3S/c1-16-10-12-17(13-11-16)7-4-5-14-21-20(23)18-8-6-9-19(15-18)26(24,25)22(2)3/h6,8-13,15H,4-5,7,14H2,1-3H3,(H,21,23). The van der Waals surface area contributed by atoms with Crippen LogP contribution in [0.15, 0.2) is 53.4 Å². The lowest BCUT2D eigenvalue weighted by molar-refractivity contribution is 0.0953. The van der Waals surface area contributed by atoms with Crippen molar-refractivity contribution in [2.75, 3.05) is 20.6 Å². The van der Waals surface area contributed by atoms with Crippen LogP contribution in [0.4, 0.5) is 0 Å². The molecule has 0 fully saturated rings. The molecule has 0 bridgehead atoms. The van der Waals surface area contributed by atoms with E-state index in [0.29, 0.717) is 12.1 Å². The van der Waals surface area contributed by atoms with E-state index in [0.717, 1.165) is 23.6 Å². The summed E-state index contributed by atoms with van der Waals surface area (Å²) in [6.07, 6.45) is 2.83. The molecule has 0 saturated carbocycles. The zero-order chi connectivity index (χ0) is 19.2. The largest absolute Gasteiger partial charge is 0.352 e. The number of amides is 1. The van der Waals surface area contributed by atoms with Crippen molar-refractivity contribution in [3.63, 3.8) is 0 Å². The van der Waals surface area contributed by atoms with Crippen LogP contribution in [0, 0.1) is 6.92 Å². The van der Waals surface area contributed by atoms with Gasteiger partial charge >= 0.3 is 0 Å². The lowest BCUT2D eigenvalue weighted by Gasteiger charge is -2.12. The maximum absolute atomic E-state index is 12.2. The molecule has 0 spiro atoms. The minimum atomic E-state index is -3.54. The summed E-state index contributed by atoms with van der Waals surface area (Å²) < 4.78 is 25.4. The van der Waals surface area contributed by atoms with E-state index in [9.17, 15) is 13.2 Å². The fourth-order valence-corrected chi connectivity index (χ4v) is 3.47. The number of benzene rings is 2. The third-order valence-corrected chi connectivity index (χ3v) is 5.98. The van der Waals surface area contributed by atoms with Gasteiger partial charge in [-0.15, -0.1) is 0 Å². The van der Waals surface area contributed by atoms with Crippen molar-refractivity contribution in [3.05, 3.63) is 65.2 Å². The third-order valence-electron chi connectivity index (χ3n) is 4.17. The van der Waals surface area contributed by atoms with Crippen molar-refractivity contribution in [1.82, 2.24) is 9.62 Å². The Kier molecular flexibility index (Phi) is 6.94. The van der Waals surface area contributed by atoms with Crippen LogP contribution in [0.3, 0.4) is 0 Å². The summed E-state index contributed by atoms with van der Waals surface area (Å²) >= 11 is 0. The van der Waals surface area contributed by atoms with E-state index >= 15 is 0 Å². The first-order valence-electron chi connectivity index (χ1n) is 8.67. The molecule has 0 heterocycles. The summed E-state index contributed by atoms with van der Waals surface area (Å²) in [6.45, 7) is 2.63. The van der Waals surface area contributed by atoms with E-state index in [1.54, 1.807) is 12.1 Å². The van der Waals surface area contributed by atoms with Gasteiger partial charge in [0.1, 0.15) is 0 Å². The Hall–Kier alpha value is -2.18. The first-order valence-corrected chi connectivity index (χ1v) is 10.1. The summed E-state index contributed by atoms with van der Waals surface area (Å²) in [6, 6.07) is 14.6. The van der Waals surface area contributed by atoms with Crippen LogP contribution in [0.2, 0.25) is 0 Å². The van der Waals surface area contributed by atoms with Crippen molar-refractivity contribution in [1.29, 1.82) is 0 Å². The Balaban J connectivity index is 1.83. The molecule has 0 radical (unpaired) electrons. The Bertz CT molecular complexity index is 844. The Morgan fingerprint density at radius 1 is 1.04 bits per heavy atom. The van der Waals surface area contributed by atoms with Crippen LogP contribution in [0.25, 0.3) is 0 Å². The average Bonchev–Trinajstić information content (AvgIpc) is 2.62. The molecule has 0 aliphatic rings. The van der Waals surface area contributed by atoms with E-state index in [-0.39, 0.29) is 10.8 Å². The summed E-state index contributed by atoms with van der Waals surface area (Å²) in [5.41, 5.74) is 2.90. The molecule has 5 nitrogen and oxygen atoms in total. The minimum Gasteiger partial charge on any atom is -0.352 e. The van der Waals surface area contributed by atoms with Gasteiger partial charge in [-0.3, -0.25) is 4.79 Å². The number of aryl methyl sites for hydroxylation is 2. The van der Waals surface area contributed by atoms with Gasteiger partial charge in [0.05, 0.1) is 4.90 Å². The van der Waals surface area contributed by atoms with Crippen LogP contribution in [0.1, 0.15) is 34.3 Å². The number of rotatable bonds is 8. The van der Waals surface area contributed by atoms with Crippen molar-refractivity contribution in [3.8, 4) is 0 Å². The number of nitrogens with one attached hydrogen (secondary N) is 1. The molecule has 6 heteroatoms. The summed E-state index contributed by atoms with van der Waals surface area (Å²) in [5.74, 6) is -0.254. The van der Waals surface area contributed by atoms with Crippen LogP contribution in [-0.4, -0.2) is 39.3 Å². The van der Waals surface area contributed by atoms with Gasteiger partial charge in [0.2, 0.25) is 10.0 Å². The molecular formula is C20H26N2O3S. The number of unbranched alkanes of at least 4 members (excludes halogenated alkanes) is 1. The Labute approximate surface area is 156 Å². The lowest BCUT2D eigenvalue weighted by Crippen LogP contribution is -2.26. The topological polar surface area (TPSA) is 66.5 Å². The molecule has 0 saturated heterocycles.